The molecule has 0 bridgehead atoms. The summed E-state index contributed by atoms with van der Waals surface area (Å²) in [6, 6.07) is 7.23. The highest BCUT2D eigenvalue weighted by molar-refractivity contribution is 7.99. The summed E-state index contributed by atoms with van der Waals surface area (Å²) in [6.45, 7) is 8.84. The van der Waals surface area contributed by atoms with E-state index in [2.05, 4.69) is 51.2 Å². The minimum Gasteiger partial charge on any atom is -0.312 e. The molecule has 0 aliphatic rings. The smallest absolute Gasteiger partial charge is 0.0409 e. The fourth-order valence-corrected chi connectivity index (χ4v) is 2.55. The van der Waals surface area contributed by atoms with Crippen molar-refractivity contribution in [1.82, 2.24) is 5.32 Å². The predicted octanol–water partition coefficient (Wildman–Crippen LogP) is 3.71. The summed E-state index contributed by atoms with van der Waals surface area (Å²) in [6.07, 6.45) is 0. The maximum atomic E-state index is 3.40. The first kappa shape index (κ1) is 13.6. The van der Waals surface area contributed by atoms with Crippen LogP contribution in [-0.4, -0.2) is 18.1 Å². The highest BCUT2D eigenvalue weighted by Crippen LogP contribution is 2.22. The molecule has 1 unspecified atom stereocenters. The number of nitrogens with one attached hydrogen (secondary N) is 1. The van der Waals surface area contributed by atoms with Crippen molar-refractivity contribution in [3.63, 3.8) is 0 Å². The van der Waals surface area contributed by atoms with Gasteiger partial charge >= 0.3 is 0 Å². The molecule has 1 atom stereocenters. The molecule has 90 valence electrons. The van der Waals surface area contributed by atoms with E-state index in [4.69, 9.17) is 0 Å². The summed E-state index contributed by atoms with van der Waals surface area (Å²) in [4.78, 5) is 0. The van der Waals surface area contributed by atoms with Gasteiger partial charge < -0.3 is 5.32 Å². The molecule has 1 N–H and O–H groups in total. The molecular formula is C14H23NS. The Morgan fingerprint density at radius 2 is 1.88 bits per heavy atom. The van der Waals surface area contributed by atoms with E-state index in [0.717, 1.165) is 5.75 Å². The van der Waals surface area contributed by atoms with Crippen molar-refractivity contribution in [3.05, 3.63) is 34.9 Å². The zero-order chi connectivity index (χ0) is 12.1. The molecule has 0 radical (unpaired) electrons. The van der Waals surface area contributed by atoms with E-state index < -0.39 is 0 Å². The second-order valence-electron chi connectivity index (χ2n) is 4.57. The van der Waals surface area contributed by atoms with Gasteiger partial charge in [-0.25, -0.2) is 0 Å². The molecule has 0 aromatic heterocycles. The van der Waals surface area contributed by atoms with Crippen molar-refractivity contribution in [3.8, 4) is 0 Å². The third-order valence-corrected chi connectivity index (χ3v) is 4.07. The molecule has 0 fully saturated rings. The largest absolute Gasteiger partial charge is 0.312 e. The van der Waals surface area contributed by atoms with Gasteiger partial charge in [-0.05, 0) is 42.8 Å². The highest BCUT2D eigenvalue weighted by Gasteiger charge is 2.10. The number of rotatable bonds is 5. The van der Waals surface area contributed by atoms with E-state index in [1.165, 1.54) is 16.7 Å². The van der Waals surface area contributed by atoms with E-state index in [1.54, 1.807) is 0 Å². The Kier molecular flexibility index (Phi) is 5.36. The molecule has 16 heavy (non-hydrogen) atoms. The fourth-order valence-electron chi connectivity index (χ4n) is 1.62. The van der Waals surface area contributed by atoms with Gasteiger partial charge in [0.15, 0.2) is 0 Å². The first-order valence-corrected chi connectivity index (χ1v) is 6.95. The molecule has 1 aromatic rings. The minimum absolute atomic E-state index is 0.465. The molecule has 1 aromatic carbocycles. The molecule has 0 spiro atoms. The zero-order valence-corrected chi connectivity index (χ0v) is 11.8. The van der Waals surface area contributed by atoms with Crippen molar-refractivity contribution in [2.24, 2.45) is 0 Å². The predicted molar refractivity (Wildman–Crippen MR) is 75.3 cm³/mol. The Labute approximate surface area is 104 Å². The third kappa shape index (κ3) is 3.84. The maximum Gasteiger partial charge on any atom is 0.0409 e. The lowest BCUT2D eigenvalue weighted by Crippen LogP contribution is -2.19. The van der Waals surface area contributed by atoms with Gasteiger partial charge in [0.2, 0.25) is 0 Å². The molecule has 0 saturated carbocycles. The molecular weight excluding hydrogens is 214 g/mol. The van der Waals surface area contributed by atoms with Crippen LogP contribution in [0.1, 0.15) is 36.6 Å². The lowest BCUT2D eigenvalue weighted by Gasteiger charge is -2.18. The van der Waals surface area contributed by atoms with Gasteiger partial charge in [-0.15, -0.1) is 0 Å². The van der Waals surface area contributed by atoms with Crippen LogP contribution in [0.15, 0.2) is 18.2 Å². The SMILES string of the molecule is CNC(CSC(C)C)c1ccc(C)c(C)c1. The Morgan fingerprint density at radius 3 is 2.38 bits per heavy atom. The Balaban J connectivity index is 2.74. The van der Waals surface area contributed by atoms with Gasteiger partial charge in [-0.2, -0.15) is 11.8 Å². The van der Waals surface area contributed by atoms with Crippen LogP contribution >= 0.6 is 11.8 Å². The van der Waals surface area contributed by atoms with Crippen molar-refractivity contribution < 1.29 is 0 Å². The second kappa shape index (κ2) is 6.31. The number of benzene rings is 1. The van der Waals surface area contributed by atoms with Crippen LogP contribution in [0.2, 0.25) is 0 Å². The monoisotopic (exact) mass is 237 g/mol. The molecule has 1 nitrogen and oxygen atoms in total. The number of hydrogen-bond acceptors (Lipinski definition) is 2. The van der Waals surface area contributed by atoms with Crippen LogP contribution in [0.5, 0.6) is 0 Å². The van der Waals surface area contributed by atoms with Gasteiger partial charge in [-0.1, -0.05) is 32.0 Å². The second-order valence-corrected chi connectivity index (χ2v) is 6.18. The van der Waals surface area contributed by atoms with Crippen LogP contribution in [-0.2, 0) is 0 Å². The van der Waals surface area contributed by atoms with E-state index in [0.29, 0.717) is 11.3 Å². The van der Waals surface area contributed by atoms with Gasteiger partial charge in [0.1, 0.15) is 0 Å². The van der Waals surface area contributed by atoms with Crippen LogP contribution < -0.4 is 5.32 Å². The summed E-state index contributed by atoms with van der Waals surface area (Å²) in [7, 11) is 2.04. The molecule has 2 heteroatoms. The quantitative estimate of drug-likeness (QED) is 0.838. The van der Waals surface area contributed by atoms with Crippen LogP contribution in [0.3, 0.4) is 0 Å². The molecule has 0 saturated heterocycles. The molecule has 0 aliphatic carbocycles. The Morgan fingerprint density at radius 1 is 1.19 bits per heavy atom. The molecule has 0 amide bonds. The van der Waals surface area contributed by atoms with E-state index in [9.17, 15) is 0 Å². The summed E-state index contributed by atoms with van der Waals surface area (Å²) < 4.78 is 0. The summed E-state index contributed by atoms with van der Waals surface area (Å²) in [5.74, 6) is 1.14. The van der Waals surface area contributed by atoms with Crippen LogP contribution in [0, 0.1) is 13.8 Å². The van der Waals surface area contributed by atoms with Crippen molar-refractivity contribution in [1.29, 1.82) is 0 Å². The van der Waals surface area contributed by atoms with E-state index in [-0.39, 0.29) is 0 Å². The van der Waals surface area contributed by atoms with Gasteiger partial charge in [0, 0.05) is 11.8 Å². The first-order valence-electron chi connectivity index (χ1n) is 5.90. The van der Waals surface area contributed by atoms with Gasteiger partial charge in [0.25, 0.3) is 0 Å². The average Bonchev–Trinajstić information content (AvgIpc) is 2.23. The van der Waals surface area contributed by atoms with Crippen LogP contribution in [0.25, 0.3) is 0 Å². The highest BCUT2D eigenvalue weighted by atomic mass is 32.2. The first-order chi connectivity index (χ1) is 7.54. The third-order valence-electron chi connectivity index (χ3n) is 2.88. The van der Waals surface area contributed by atoms with Gasteiger partial charge in [-0.3, -0.25) is 0 Å². The fraction of sp³-hybridized carbons (Fsp3) is 0.571. The molecule has 0 aliphatic heterocycles. The lowest BCUT2D eigenvalue weighted by molar-refractivity contribution is 0.660. The van der Waals surface area contributed by atoms with Crippen molar-refractivity contribution >= 4 is 11.8 Å². The number of thioether (sulfide) groups is 1. The normalized spacial score (nSPS) is 13.1. The molecule has 1 rings (SSSR count). The van der Waals surface area contributed by atoms with Gasteiger partial charge in [0.05, 0.1) is 0 Å². The van der Waals surface area contributed by atoms with E-state index in [1.807, 2.05) is 18.8 Å². The maximum absolute atomic E-state index is 3.40. The summed E-state index contributed by atoms with van der Waals surface area (Å²) in [5, 5.41) is 4.10. The Hall–Kier alpha value is -0.470. The summed E-state index contributed by atoms with van der Waals surface area (Å²) in [5.41, 5.74) is 4.15. The van der Waals surface area contributed by atoms with E-state index >= 15 is 0 Å². The van der Waals surface area contributed by atoms with Crippen LogP contribution in [0.4, 0.5) is 0 Å². The van der Waals surface area contributed by atoms with Crippen molar-refractivity contribution in [2.75, 3.05) is 12.8 Å². The minimum atomic E-state index is 0.465. The average molecular weight is 237 g/mol. The number of hydrogen-bond donors (Lipinski definition) is 1. The topological polar surface area (TPSA) is 12.0 Å². The standard InChI is InChI=1S/C14H23NS/c1-10(2)16-9-14(15-5)13-7-6-11(3)12(4)8-13/h6-8,10,14-15H,9H2,1-5H3. The zero-order valence-electron chi connectivity index (χ0n) is 11.0. The number of aryl methyl sites for hydroxylation is 2. The molecule has 0 heterocycles. The summed E-state index contributed by atoms with van der Waals surface area (Å²) >= 11 is 2.01. The lowest BCUT2D eigenvalue weighted by atomic mass is 10.0. The Bertz CT molecular complexity index is 334. The van der Waals surface area contributed by atoms with Crippen molar-refractivity contribution in [2.45, 2.75) is 39.0 Å².